The molecule has 1 atom stereocenters. The van der Waals surface area contributed by atoms with Crippen LogP contribution in [0, 0.1) is 6.92 Å². The van der Waals surface area contributed by atoms with Gasteiger partial charge in [0, 0.05) is 35.2 Å². The predicted octanol–water partition coefficient (Wildman–Crippen LogP) is 4.83. The number of rotatable bonds is 3. The molecule has 0 bridgehead atoms. The van der Waals surface area contributed by atoms with Gasteiger partial charge in [0.25, 0.3) is 0 Å². The number of nitrogens with two attached hydrogens (primary N) is 1. The number of fused-ring (bicyclic) bond motifs is 2. The fourth-order valence-electron chi connectivity index (χ4n) is 5.20. The van der Waals surface area contributed by atoms with Crippen LogP contribution >= 0.6 is 11.6 Å². The average molecular weight is 423 g/mol. The van der Waals surface area contributed by atoms with Crippen LogP contribution in [0.15, 0.2) is 42.5 Å². The number of hydrogen-bond acceptors (Lipinski definition) is 2. The molecule has 1 saturated heterocycles. The molecule has 30 heavy (non-hydrogen) atoms. The van der Waals surface area contributed by atoms with Crippen molar-refractivity contribution in [2.24, 2.45) is 5.73 Å². The Morgan fingerprint density at radius 2 is 1.93 bits per heavy atom. The van der Waals surface area contributed by atoms with Gasteiger partial charge in [-0.2, -0.15) is 0 Å². The molecule has 1 unspecified atom stereocenters. The van der Waals surface area contributed by atoms with Crippen molar-refractivity contribution in [2.45, 2.75) is 44.4 Å². The Hall–Kier alpha value is -2.59. The highest BCUT2D eigenvalue weighted by atomic mass is 35.5. The second-order valence-electron chi connectivity index (χ2n) is 8.68. The summed E-state index contributed by atoms with van der Waals surface area (Å²) in [6, 6.07) is 11.5. The molecule has 1 aliphatic carbocycles. The van der Waals surface area contributed by atoms with Crippen molar-refractivity contribution in [3.8, 4) is 0 Å². The number of aryl methyl sites for hydroxylation is 1. The van der Waals surface area contributed by atoms with Crippen LogP contribution in [-0.4, -0.2) is 29.8 Å². The summed E-state index contributed by atoms with van der Waals surface area (Å²) in [7, 11) is 0. The fraction of sp³-hybridized carbons (Fsp3) is 0.360. The van der Waals surface area contributed by atoms with Crippen molar-refractivity contribution in [2.75, 3.05) is 13.1 Å². The van der Waals surface area contributed by atoms with Gasteiger partial charge in [0.05, 0.1) is 0 Å². The molecule has 156 valence electrons. The van der Waals surface area contributed by atoms with E-state index in [0.29, 0.717) is 11.5 Å². The van der Waals surface area contributed by atoms with E-state index in [4.69, 9.17) is 17.3 Å². The Bertz CT molecular complexity index is 1040. The second kappa shape index (κ2) is 7.92. The number of likely N-dealkylation sites (tertiary alicyclic amines) is 1. The summed E-state index contributed by atoms with van der Waals surface area (Å²) in [6.07, 6.45) is 6.44. The molecule has 1 aliphatic heterocycles. The summed E-state index contributed by atoms with van der Waals surface area (Å²) < 4.78 is 0. The molecular weight excluding hydrogens is 396 g/mol. The van der Waals surface area contributed by atoms with Gasteiger partial charge in [0.15, 0.2) is 0 Å². The minimum atomic E-state index is -0.449. The monoisotopic (exact) mass is 422 g/mol. The predicted molar refractivity (Wildman–Crippen MR) is 121 cm³/mol. The third-order valence-corrected chi connectivity index (χ3v) is 7.11. The Morgan fingerprint density at radius 1 is 1.20 bits per heavy atom. The van der Waals surface area contributed by atoms with Gasteiger partial charge in [-0.1, -0.05) is 36.7 Å². The molecule has 5 heteroatoms. The summed E-state index contributed by atoms with van der Waals surface area (Å²) in [5.74, 6) is 0.0794. The highest BCUT2D eigenvalue weighted by molar-refractivity contribution is 6.31. The first-order valence-corrected chi connectivity index (χ1v) is 10.8. The van der Waals surface area contributed by atoms with Gasteiger partial charge in [0.1, 0.15) is 0 Å². The third-order valence-electron chi connectivity index (χ3n) is 6.80. The van der Waals surface area contributed by atoms with Crippen molar-refractivity contribution < 1.29 is 9.59 Å². The summed E-state index contributed by atoms with van der Waals surface area (Å²) >= 11 is 6.60. The second-order valence-corrected chi connectivity index (χ2v) is 9.09. The van der Waals surface area contributed by atoms with E-state index in [9.17, 15) is 9.59 Å². The highest BCUT2D eigenvalue weighted by Crippen LogP contribution is 2.53. The molecule has 4 rings (SSSR count). The normalized spacial score (nSPS) is 20.0. The summed E-state index contributed by atoms with van der Waals surface area (Å²) in [5, 5.41) is 0.867. The van der Waals surface area contributed by atoms with E-state index in [1.165, 1.54) is 11.1 Å². The molecule has 1 spiro atoms. The quantitative estimate of drug-likeness (QED) is 0.720. The Balaban J connectivity index is 1.45. The number of hydrogen-bond donors (Lipinski definition) is 1. The van der Waals surface area contributed by atoms with E-state index >= 15 is 0 Å². The molecule has 4 nitrogen and oxygen atoms in total. The molecule has 0 radical (unpaired) electrons. The summed E-state index contributed by atoms with van der Waals surface area (Å²) in [6.45, 7) is 5.65. The maximum atomic E-state index is 12.8. The maximum absolute atomic E-state index is 12.8. The molecular formula is C25H27ClN2O2. The Kier molecular flexibility index (Phi) is 5.46. The molecule has 0 saturated carbocycles. The van der Waals surface area contributed by atoms with E-state index in [1.54, 1.807) is 18.2 Å². The van der Waals surface area contributed by atoms with Gasteiger partial charge in [-0.25, -0.2) is 0 Å². The van der Waals surface area contributed by atoms with Crippen LogP contribution in [0.5, 0.6) is 0 Å². The fourth-order valence-corrected chi connectivity index (χ4v) is 5.58. The number of halogens is 1. The van der Waals surface area contributed by atoms with Crippen LogP contribution in [0.3, 0.4) is 0 Å². The molecule has 2 aromatic rings. The number of amides is 2. The highest BCUT2D eigenvalue weighted by Gasteiger charge is 2.45. The van der Waals surface area contributed by atoms with E-state index in [0.717, 1.165) is 48.5 Å². The lowest BCUT2D eigenvalue weighted by Gasteiger charge is -2.40. The van der Waals surface area contributed by atoms with Gasteiger partial charge >= 0.3 is 0 Å². The number of nitrogens with zero attached hydrogens (tertiary/aromatic N) is 1. The standard InChI is InChI=1S/C25H27ClN2O2/c1-16-14-19(24(27)30)7-6-18(16)8-9-22(29)28-12-10-25(11-13-28)15-17(2)20-4-3-5-21(26)23(20)25/h3-9,14,17H,10-13,15H2,1-2H3,(H2,27,30)/b9-8+. The van der Waals surface area contributed by atoms with E-state index in [1.807, 2.05) is 36.1 Å². The van der Waals surface area contributed by atoms with E-state index in [-0.39, 0.29) is 11.3 Å². The van der Waals surface area contributed by atoms with Crippen LogP contribution in [-0.2, 0) is 10.2 Å². The maximum Gasteiger partial charge on any atom is 0.248 e. The molecule has 2 amide bonds. The van der Waals surface area contributed by atoms with E-state index in [2.05, 4.69) is 13.0 Å². The SMILES string of the molecule is Cc1cc(C(N)=O)ccc1/C=C/C(=O)N1CCC2(CC1)CC(C)c1cccc(Cl)c12. The van der Waals surface area contributed by atoms with Crippen molar-refractivity contribution in [1.29, 1.82) is 0 Å². The van der Waals surface area contributed by atoms with Crippen LogP contribution in [0.25, 0.3) is 6.08 Å². The molecule has 1 fully saturated rings. The van der Waals surface area contributed by atoms with Gasteiger partial charge in [-0.05, 0) is 78.6 Å². The first-order valence-electron chi connectivity index (χ1n) is 10.5. The summed E-state index contributed by atoms with van der Waals surface area (Å²) in [4.78, 5) is 26.0. The number of piperidine rings is 1. The van der Waals surface area contributed by atoms with Crippen molar-refractivity contribution in [3.05, 3.63) is 75.3 Å². The largest absolute Gasteiger partial charge is 0.366 e. The van der Waals surface area contributed by atoms with Gasteiger partial charge in [-0.15, -0.1) is 0 Å². The van der Waals surface area contributed by atoms with Crippen LogP contribution < -0.4 is 5.73 Å². The zero-order chi connectivity index (χ0) is 21.5. The van der Waals surface area contributed by atoms with Gasteiger partial charge < -0.3 is 10.6 Å². The lowest BCUT2D eigenvalue weighted by molar-refractivity contribution is -0.127. The lowest BCUT2D eigenvalue weighted by atomic mass is 9.73. The van der Waals surface area contributed by atoms with Gasteiger partial charge in [-0.3, -0.25) is 9.59 Å². The number of carbonyl (C=O) groups is 2. The Labute approximate surface area is 182 Å². The van der Waals surface area contributed by atoms with Gasteiger partial charge in [0.2, 0.25) is 11.8 Å². The number of benzene rings is 2. The zero-order valence-corrected chi connectivity index (χ0v) is 18.2. The molecule has 1 heterocycles. The minimum Gasteiger partial charge on any atom is -0.366 e. The first-order chi connectivity index (χ1) is 14.3. The zero-order valence-electron chi connectivity index (χ0n) is 17.5. The average Bonchev–Trinajstić information content (AvgIpc) is 2.99. The first kappa shape index (κ1) is 20.7. The third kappa shape index (κ3) is 3.65. The Morgan fingerprint density at radius 3 is 2.60 bits per heavy atom. The molecule has 2 aliphatic rings. The van der Waals surface area contributed by atoms with Crippen molar-refractivity contribution >= 4 is 29.5 Å². The smallest absolute Gasteiger partial charge is 0.248 e. The number of carbonyl (C=O) groups excluding carboxylic acids is 2. The van der Waals surface area contributed by atoms with Crippen LogP contribution in [0.2, 0.25) is 5.02 Å². The lowest BCUT2D eigenvalue weighted by Crippen LogP contribution is -2.44. The topological polar surface area (TPSA) is 63.4 Å². The number of primary amides is 1. The molecule has 2 aromatic carbocycles. The van der Waals surface area contributed by atoms with Crippen LogP contribution in [0.1, 0.15) is 64.7 Å². The summed E-state index contributed by atoms with van der Waals surface area (Å²) in [5.41, 5.74) is 10.4. The van der Waals surface area contributed by atoms with Crippen LogP contribution in [0.4, 0.5) is 0 Å². The minimum absolute atomic E-state index is 0.0219. The van der Waals surface area contributed by atoms with Crippen molar-refractivity contribution in [3.63, 3.8) is 0 Å². The molecule has 2 N–H and O–H groups in total. The van der Waals surface area contributed by atoms with Crippen molar-refractivity contribution in [1.82, 2.24) is 4.90 Å². The molecule has 0 aromatic heterocycles. The van der Waals surface area contributed by atoms with E-state index < -0.39 is 5.91 Å².